The average molecular weight is 305 g/mol. The lowest BCUT2D eigenvalue weighted by Gasteiger charge is -2.54. The number of amides is 1. The zero-order valence-corrected chi connectivity index (χ0v) is 13.2. The zero-order valence-electron chi connectivity index (χ0n) is 13.2. The molecular weight excluding hydrogens is 278 g/mol. The van der Waals surface area contributed by atoms with Crippen LogP contribution in [-0.2, 0) is 9.59 Å². The molecule has 4 bridgehead atoms. The summed E-state index contributed by atoms with van der Waals surface area (Å²) in [5, 5.41) is 12.7. The van der Waals surface area contributed by atoms with Crippen LogP contribution in [0.2, 0.25) is 0 Å². The molecule has 5 saturated carbocycles. The molecule has 4 heteroatoms. The number of carbonyl (C=O) groups excluding carboxylic acids is 1. The lowest BCUT2D eigenvalue weighted by molar-refractivity contribution is -0.149. The fourth-order valence-corrected chi connectivity index (χ4v) is 6.17. The van der Waals surface area contributed by atoms with Gasteiger partial charge in [-0.25, -0.2) is 0 Å². The van der Waals surface area contributed by atoms with Crippen molar-refractivity contribution in [2.75, 3.05) is 0 Å². The van der Waals surface area contributed by atoms with Gasteiger partial charge in [-0.05, 0) is 68.6 Å². The maximum Gasteiger partial charge on any atom is 0.307 e. The molecule has 1 amide bonds. The number of rotatable bonds is 3. The number of hydrogen-bond acceptors (Lipinski definition) is 2. The first-order valence-corrected chi connectivity index (χ1v) is 9.15. The summed E-state index contributed by atoms with van der Waals surface area (Å²) in [4.78, 5) is 24.2. The minimum absolute atomic E-state index is 0.0320. The van der Waals surface area contributed by atoms with Crippen molar-refractivity contribution in [1.29, 1.82) is 0 Å². The fraction of sp³-hybridized carbons (Fsp3) is 0.889. The predicted octanol–water partition coefficient (Wildman–Crippen LogP) is 2.82. The monoisotopic (exact) mass is 305 g/mol. The molecule has 0 radical (unpaired) electrons. The van der Waals surface area contributed by atoms with Gasteiger partial charge in [0.05, 0.1) is 11.8 Å². The Bertz CT molecular complexity index is 447. The minimum Gasteiger partial charge on any atom is -0.481 e. The largest absolute Gasteiger partial charge is 0.481 e. The van der Waals surface area contributed by atoms with Gasteiger partial charge in [-0.15, -0.1) is 0 Å². The average Bonchev–Trinajstić information content (AvgIpc) is 2.50. The summed E-state index contributed by atoms with van der Waals surface area (Å²) in [5.41, 5.74) is 0. The number of nitrogens with one attached hydrogen (secondary N) is 1. The van der Waals surface area contributed by atoms with Crippen LogP contribution >= 0.6 is 0 Å². The molecule has 122 valence electrons. The highest BCUT2D eigenvalue weighted by Gasteiger charge is 2.49. The highest BCUT2D eigenvalue weighted by Crippen LogP contribution is 2.53. The predicted molar refractivity (Wildman–Crippen MR) is 82.1 cm³/mol. The van der Waals surface area contributed by atoms with E-state index in [0.717, 1.165) is 31.1 Å². The fourth-order valence-electron chi connectivity index (χ4n) is 6.17. The summed E-state index contributed by atoms with van der Waals surface area (Å²) in [6.07, 6.45) is 9.89. The Morgan fingerprint density at radius 2 is 1.36 bits per heavy atom. The van der Waals surface area contributed by atoms with Gasteiger partial charge in [-0.1, -0.05) is 12.8 Å². The van der Waals surface area contributed by atoms with Crippen molar-refractivity contribution in [2.24, 2.45) is 35.5 Å². The molecule has 0 heterocycles. The zero-order chi connectivity index (χ0) is 15.3. The van der Waals surface area contributed by atoms with Crippen molar-refractivity contribution >= 4 is 11.9 Å². The smallest absolute Gasteiger partial charge is 0.307 e. The molecule has 0 aromatic heterocycles. The summed E-state index contributed by atoms with van der Waals surface area (Å²) in [6, 6.07) is 0.330. The molecule has 22 heavy (non-hydrogen) atoms. The van der Waals surface area contributed by atoms with Crippen LogP contribution in [0.25, 0.3) is 0 Å². The van der Waals surface area contributed by atoms with Crippen LogP contribution < -0.4 is 5.32 Å². The topological polar surface area (TPSA) is 66.4 Å². The van der Waals surface area contributed by atoms with Crippen LogP contribution in [0.4, 0.5) is 0 Å². The summed E-state index contributed by atoms with van der Waals surface area (Å²) < 4.78 is 0. The molecule has 0 saturated heterocycles. The highest BCUT2D eigenvalue weighted by molar-refractivity contribution is 5.85. The number of carbonyl (C=O) groups is 2. The van der Waals surface area contributed by atoms with Gasteiger partial charge in [0.1, 0.15) is 0 Å². The Kier molecular flexibility index (Phi) is 3.66. The molecule has 4 nitrogen and oxygen atoms in total. The number of carboxylic acid groups (broad SMARTS) is 1. The molecule has 5 fully saturated rings. The van der Waals surface area contributed by atoms with Crippen molar-refractivity contribution in [3.05, 3.63) is 0 Å². The molecule has 0 unspecified atom stereocenters. The number of aliphatic carboxylic acids is 1. The Morgan fingerprint density at radius 3 is 1.91 bits per heavy atom. The SMILES string of the molecule is O=C(O)[C@H]1CCCC[C@@H]1C(=O)NC1C2CC3CC(C2)CC1C3. The van der Waals surface area contributed by atoms with Crippen LogP contribution in [0.5, 0.6) is 0 Å². The Hall–Kier alpha value is -1.06. The van der Waals surface area contributed by atoms with Crippen molar-refractivity contribution in [3.63, 3.8) is 0 Å². The summed E-state index contributed by atoms with van der Waals surface area (Å²) >= 11 is 0. The molecule has 5 rings (SSSR count). The molecule has 0 aliphatic heterocycles. The first-order chi connectivity index (χ1) is 10.6. The van der Waals surface area contributed by atoms with Crippen LogP contribution in [0.15, 0.2) is 0 Å². The van der Waals surface area contributed by atoms with Crippen LogP contribution in [-0.4, -0.2) is 23.0 Å². The highest BCUT2D eigenvalue weighted by atomic mass is 16.4. The summed E-state index contributed by atoms with van der Waals surface area (Å²) in [6.45, 7) is 0. The van der Waals surface area contributed by atoms with Crippen molar-refractivity contribution in [3.8, 4) is 0 Å². The molecule has 2 N–H and O–H groups in total. The van der Waals surface area contributed by atoms with Crippen LogP contribution in [0.3, 0.4) is 0 Å². The molecule has 2 atom stereocenters. The third kappa shape index (κ3) is 2.44. The lowest BCUT2D eigenvalue weighted by Crippen LogP contribution is -2.57. The van der Waals surface area contributed by atoms with Crippen molar-refractivity contribution < 1.29 is 14.7 Å². The maximum absolute atomic E-state index is 12.7. The van der Waals surface area contributed by atoms with E-state index in [1.54, 1.807) is 0 Å². The Labute approximate surface area is 132 Å². The second kappa shape index (κ2) is 5.54. The first kappa shape index (κ1) is 14.5. The van der Waals surface area contributed by atoms with Gasteiger partial charge < -0.3 is 10.4 Å². The maximum atomic E-state index is 12.7. The number of hydrogen-bond donors (Lipinski definition) is 2. The third-order valence-electron chi connectivity index (χ3n) is 6.96. The normalized spacial score (nSPS) is 46.5. The van der Waals surface area contributed by atoms with E-state index in [4.69, 9.17) is 0 Å². The van der Waals surface area contributed by atoms with E-state index in [9.17, 15) is 14.7 Å². The molecule has 0 aromatic rings. The van der Waals surface area contributed by atoms with Gasteiger partial charge in [0.15, 0.2) is 0 Å². The minimum atomic E-state index is -0.787. The van der Waals surface area contributed by atoms with Gasteiger partial charge in [-0.3, -0.25) is 9.59 Å². The van der Waals surface area contributed by atoms with Gasteiger partial charge in [0.2, 0.25) is 5.91 Å². The van der Waals surface area contributed by atoms with E-state index in [1.807, 2.05) is 0 Å². The van der Waals surface area contributed by atoms with Crippen molar-refractivity contribution in [1.82, 2.24) is 5.32 Å². The van der Waals surface area contributed by atoms with E-state index >= 15 is 0 Å². The second-order valence-electron chi connectivity index (χ2n) is 8.30. The molecule has 5 aliphatic carbocycles. The van der Waals surface area contributed by atoms with Crippen LogP contribution in [0, 0.1) is 35.5 Å². The molecule has 0 spiro atoms. The first-order valence-electron chi connectivity index (χ1n) is 9.15. The molecule has 0 aromatic carbocycles. The van der Waals surface area contributed by atoms with E-state index in [2.05, 4.69) is 5.32 Å². The van der Waals surface area contributed by atoms with E-state index < -0.39 is 11.9 Å². The van der Waals surface area contributed by atoms with Crippen LogP contribution in [0.1, 0.15) is 57.8 Å². The second-order valence-corrected chi connectivity index (χ2v) is 8.30. The summed E-state index contributed by atoms with van der Waals surface area (Å²) in [7, 11) is 0. The van der Waals surface area contributed by atoms with E-state index in [1.165, 1.54) is 32.1 Å². The van der Waals surface area contributed by atoms with E-state index in [-0.39, 0.29) is 11.8 Å². The van der Waals surface area contributed by atoms with Gasteiger partial charge in [0, 0.05) is 6.04 Å². The Morgan fingerprint density at radius 1 is 0.818 bits per heavy atom. The molecule has 5 aliphatic rings. The van der Waals surface area contributed by atoms with Gasteiger partial charge in [0.25, 0.3) is 0 Å². The summed E-state index contributed by atoms with van der Waals surface area (Å²) in [5.74, 6) is 1.59. The van der Waals surface area contributed by atoms with E-state index in [0.29, 0.717) is 24.3 Å². The quantitative estimate of drug-likeness (QED) is 0.842. The lowest BCUT2D eigenvalue weighted by atomic mass is 9.54. The third-order valence-corrected chi connectivity index (χ3v) is 6.96. The number of carboxylic acids is 1. The standard InChI is InChI=1S/C18H27NO3/c20-17(14-3-1-2-4-15(14)18(21)22)19-16-12-6-10-5-11(8-12)9-13(16)7-10/h10-16H,1-9H2,(H,19,20)(H,21,22)/t10?,11?,12?,13?,14-,15-,16?/m0/s1. The van der Waals surface area contributed by atoms with Crippen molar-refractivity contribution in [2.45, 2.75) is 63.8 Å². The van der Waals surface area contributed by atoms with Gasteiger partial charge in [-0.2, -0.15) is 0 Å². The molecular formula is C18H27NO3. The van der Waals surface area contributed by atoms with Gasteiger partial charge >= 0.3 is 5.97 Å². The Balaban J connectivity index is 1.44.